The Hall–Kier alpha value is -2.96. The number of carbonyl (C=O) groups excluding carboxylic acids is 4. The quantitative estimate of drug-likeness (QED) is 0.456. The Bertz CT molecular complexity index is 883. The van der Waals surface area contributed by atoms with Crippen molar-refractivity contribution in [2.75, 3.05) is 6.61 Å². The highest BCUT2D eigenvalue weighted by Gasteiger charge is 2.50. The lowest BCUT2D eigenvalue weighted by Gasteiger charge is -2.26. The van der Waals surface area contributed by atoms with Crippen LogP contribution in [0.5, 0.6) is 0 Å². The van der Waals surface area contributed by atoms with Crippen molar-refractivity contribution in [3.63, 3.8) is 0 Å². The molecule has 30 heavy (non-hydrogen) atoms. The van der Waals surface area contributed by atoms with E-state index in [1.54, 1.807) is 0 Å². The van der Waals surface area contributed by atoms with E-state index in [1.807, 2.05) is 30.4 Å². The molecule has 1 heterocycles. The fourth-order valence-electron chi connectivity index (χ4n) is 4.71. The largest absolute Gasteiger partial charge is 0.454 e. The lowest BCUT2D eigenvalue weighted by Crippen LogP contribution is -2.45. The summed E-state index contributed by atoms with van der Waals surface area (Å²) in [7, 11) is 0. The number of nitrogens with one attached hydrogen (secondary N) is 1. The second-order valence-corrected chi connectivity index (χ2v) is 8.20. The van der Waals surface area contributed by atoms with Gasteiger partial charge in [-0.25, -0.2) is 4.79 Å². The highest BCUT2D eigenvalue weighted by atomic mass is 16.5. The number of aryl methyl sites for hydroxylation is 1. The molecule has 0 spiro atoms. The van der Waals surface area contributed by atoms with Crippen molar-refractivity contribution in [3.8, 4) is 0 Å². The Morgan fingerprint density at radius 1 is 1.13 bits per heavy atom. The molecule has 7 heteroatoms. The minimum absolute atomic E-state index is 0.101. The van der Waals surface area contributed by atoms with E-state index in [1.165, 1.54) is 12.5 Å². The van der Waals surface area contributed by atoms with E-state index in [2.05, 4.69) is 11.4 Å². The third kappa shape index (κ3) is 3.76. The number of esters is 1. The summed E-state index contributed by atoms with van der Waals surface area (Å²) < 4.78 is 5.14. The summed E-state index contributed by atoms with van der Waals surface area (Å²) >= 11 is 0. The van der Waals surface area contributed by atoms with Crippen molar-refractivity contribution >= 4 is 23.7 Å². The molecule has 1 saturated heterocycles. The molecule has 0 bridgehead atoms. The Balaban J connectivity index is 1.32. The van der Waals surface area contributed by atoms with Gasteiger partial charge in [0.05, 0.1) is 17.9 Å². The van der Waals surface area contributed by atoms with Crippen LogP contribution in [0.15, 0.2) is 36.4 Å². The molecular weight excluding hydrogens is 384 g/mol. The first kappa shape index (κ1) is 20.3. The predicted molar refractivity (Wildman–Crippen MR) is 108 cm³/mol. The molecule has 0 aromatic heterocycles. The monoisotopic (exact) mass is 410 g/mol. The van der Waals surface area contributed by atoms with Crippen LogP contribution < -0.4 is 5.32 Å². The van der Waals surface area contributed by atoms with Crippen LogP contribution in [0, 0.1) is 11.8 Å². The minimum atomic E-state index is -1.04. The number of rotatable bonds is 5. The van der Waals surface area contributed by atoms with Gasteiger partial charge in [0.15, 0.2) is 6.61 Å². The van der Waals surface area contributed by atoms with Crippen LogP contribution in [0.4, 0.5) is 0 Å². The van der Waals surface area contributed by atoms with Crippen molar-refractivity contribution in [1.82, 2.24) is 10.2 Å². The molecule has 4 rings (SSSR count). The fourth-order valence-corrected chi connectivity index (χ4v) is 4.71. The van der Waals surface area contributed by atoms with Gasteiger partial charge < -0.3 is 10.1 Å². The number of ether oxygens (including phenoxy) is 1. The zero-order chi connectivity index (χ0) is 21.3. The second-order valence-electron chi connectivity index (χ2n) is 8.20. The fraction of sp³-hybridized carbons (Fsp3) is 0.478. The summed E-state index contributed by atoms with van der Waals surface area (Å²) in [4.78, 5) is 51.0. The molecule has 3 aliphatic rings. The predicted octanol–water partition coefficient (Wildman–Crippen LogP) is 2.06. The van der Waals surface area contributed by atoms with Gasteiger partial charge in [-0.05, 0) is 50.2 Å². The summed E-state index contributed by atoms with van der Waals surface area (Å²) in [5.41, 5.74) is 2.32. The second kappa shape index (κ2) is 8.42. The summed E-state index contributed by atoms with van der Waals surface area (Å²) in [6.07, 6.45) is 7.62. The van der Waals surface area contributed by atoms with Crippen molar-refractivity contribution in [2.24, 2.45) is 11.8 Å². The first-order valence-electron chi connectivity index (χ1n) is 10.5. The van der Waals surface area contributed by atoms with Crippen LogP contribution in [-0.4, -0.2) is 41.2 Å². The average molecular weight is 410 g/mol. The van der Waals surface area contributed by atoms with Gasteiger partial charge in [0.1, 0.15) is 6.04 Å². The van der Waals surface area contributed by atoms with Gasteiger partial charge in [-0.15, -0.1) is 0 Å². The molecule has 1 aromatic carbocycles. The Kier molecular flexibility index (Phi) is 5.70. The van der Waals surface area contributed by atoms with Crippen LogP contribution in [0.25, 0.3) is 0 Å². The number of carbonyl (C=O) groups is 4. The number of imide groups is 1. The highest BCUT2D eigenvalue weighted by Crippen LogP contribution is 2.36. The summed E-state index contributed by atoms with van der Waals surface area (Å²) in [6, 6.07) is 6.86. The van der Waals surface area contributed by atoms with Crippen LogP contribution in [0.2, 0.25) is 0 Å². The van der Waals surface area contributed by atoms with Gasteiger partial charge in [-0.2, -0.15) is 0 Å². The molecule has 1 N–H and O–H groups in total. The topological polar surface area (TPSA) is 92.8 Å². The number of amides is 3. The van der Waals surface area contributed by atoms with Gasteiger partial charge in [-0.1, -0.05) is 36.4 Å². The Morgan fingerprint density at radius 2 is 1.80 bits per heavy atom. The van der Waals surface area contributed by atoms with Gasteiger partial charge in [0, 0.05) is 0 Å². The molecule has 2 aliphatic carbocycles. The Labute approximate surface area is 175 Å². The summed E-state index contributed by atoms with van der Waals surface area (Å²) in [5.74, 6) is -2.60. The first-order chi connectivity index (χ1) is 14.5. The zero-order valence-corrected chi connectivity index (χ0v) is 17.0. The molecule has 0 radical (unpaired) electrons. The maximum Gasteiger partial charge on any atom is 0.329 e. The standard InChI is InChI=1S/C23H26N2O5/c1-14(25-21(27)17-10-4-5-11-18(17)22(25)28)23(29)30-13-20(26)24-19-12-6-8-15-7-2-3-9-16(15)19/h2-5,7,9,14,17-19H,6,8,10-13H2,1H3,(H,24,26)/t14-,17-,18-,19+/m0/s1. The lowest BCUT2D eigenvalue weighted by molar-refractivity contribution is -0.159. The number of hydrogen-bond donors (Lipinski definition) is 1. The normalized spacial score (nSPS) is 26.0. The van der Waals surface area contributed by atoms with E-state index in [0.717, 1.165) is 29.7 Å². The smallest absolute Gasteiger partial charge is 0.329 e. The number of hydrogen-bond acceptors (Lipinski definition) is 5. The van der Waals surface area contributed by atoms with Gasteiger partial charge >= 0.3 is 5.97 Å². The highest BCUT2D eigenvalue weighted by molar-refractivity contribution is 6.08. The minimum Gasteiger partial charge on any atom is -0.454 e. The van der Waals surface area contributed by atoms with E-state index in [0.29, 0.717) is 12.8 Å². The molecule has 158 valence electrons. The van der Waals surface area contributed by atoms with Crippen LogP contribution >= 0.6 is 0 Å². The number of nitrogens with zero attached hydrogens (tertiary/aromatic N) is 1. The summed E-state index contributed by atoms with van der Waals surface area (Å²) in [6.45, 7) is 1.03. The molecule has 4 atom stereocenters. The number of likely N-dealkylation sites (tertiary alicyclic amines) is 1. The van der Waals surface area contributed by atoms with E-state index in [9.17, 15) is 19.2 Å². The van der Waals surface area contributed by atoms with E-state index in [-0.39, 0.29) is 17.9 Å². The SMILES string of the molecule is C[C@@H](C(=O)OCC(=O)N[C@@H]1CCCc2ccccc21)N1C(=O)[C@H]2CC=CC[C@@H]2C1=O. The first-order valence-corrected chi connectivity index (χ1v) is 10.5. The van der Waals surface area contributed by atoms with Crippen LogP contribution in [0.1, 0.15) is 49.8 Å². The van der Waals surface area contributed by atoms with Crippen LogP contribution in [0.3, 0.4) is 0 Å². The summed E-state index contributed by atoms with van der Waals surface area (Å²) in [5, 5.41) is 2.93. The van der Waals surface area contributed by atoms with Crippen molar-refractivity contribution in [2.45, 2.75) is 51.1 Å². The van der Waals surface area contributed by atoms with Crippen molar-refractivity contribution in [3.05, 3.63) is 47.5 Å². The molecular formula is C23H26N2O5. The zero-order valence-electron chi connectivity index (χ0n) is 17.0. The molecule has 3 amide bonds. The lowest BCUT2D eigenvalue weighted by atomic mass is 9.85. The molecule has 1 fully saturated rings. The number of benzene rings is 1. The van der Waals surface area contributed by atoms with Gasteiger partial charge in [0.25, 0.3) is 5.91 Å². The molecule has 0 saturated carbocycles. The molecule has 1 aromatic rings. The van der Waals surface area contributed by atoms with Gasteiger partial charge in [0.2, 0.25) is 11.8 Å². The average Bonchev–Trinajstić information content (AvgIpc) is 3.02. The van der Waals surface area contributed by atoms with Crippen molar-refractivity contribution in [1.29, 1.82) is 0 Å². The number of fused-ring (bicyclic) bond motifs is 2. The maximum absolute atomic E-state index is 12.6. The van der Waals surface area contributed by atoms with Crippen molar-refractivity contribution < 1.29 is 23.9 Å². The maximum atomic E-state index is 12.6. The molecule has 7 nitrogen and oxygen atoms in total. The van der Waals surface area contributed by atoms with Gasteiger partial charge in [-0.3, -0.25) is 19.3 Å². The third-order valence-electron chi connectivity index (χ3n) is 6.32. The Morgan fingerprint density at radius 3 is 2.50 bits per heavy atom. The van der Waals surface area contributed by atoms with Crippen LogP contribution in [-0.2, 0) is 30.3 Å². The van der Waals surface area contributed by atoms with E-state index >= 15 is 0 Å². The van der Waals surface area contributed by atoms with E-state index < -0.39 is 36.4 Å². The molecule has 0 unspecified atom stereocenters. The number of allylic oxidation sites excluding steroid dienone is 2. The molecule has 1 aliphatic heterocycles. The third-order valence-corrected chi connectivity index (χ3v) is 6.32. The van der Waals surface area contributed by atoms with E-state index in [4.69, 9.17) is 4.74 Å².